The average molecular weight is 467 g/mol. The molecule has 0 radical (unpaired) electrons. The van der Waals surface area contributed by atoms with Crippen molar-refractivity contribution in [2.45, 2.75) is 58.9 Å². The summed E-state index contributed by atoms with van der Waals surface area (Å²) in [7, 11) is 1.72. The molecule has 0 unspecified atom stereocenters. The van der Waals surface area contributed by atoms with Crippen LogP contribution >= 0.6 is 11.3 Å². The minimum atomic E-state index is 0.0167. The minimum Gasteiger partial charge on any atom is -0.385 e. The SMILES string of the molecule is COCCCn1c(-c2csc(-c3ccc(C)nc3)n2)cc(C(=O)NCC2CCCCC2)c1C. The number of nitrogens with zero attached hydrogens (tertiary/aromatic N) is 3. The van der Waals surface area contributed by atoms with Crippen molar-refractivity contribution in [1.29, 1.82) is 0 Å². The molecule has 1 saturated carbocycles. The van der Waals surface area contributed by atoms with E-state index in [1.165, 1.54) is 32.1 Å². The quantitative estimate of drug-likeness (QED) is 0.415. The normalized spacial score (nSPS) is 14.5. The van der Waals surface area contributed by atoms with Crippen LogP contribution in [0, 0.1) is 19.8 Å². The van der Waals surface area contributed by atoms with Gasteiger partial charge in [0.2, 0.25) is 0 Å². The Morgan fingerprint density at radius 1 is 1.24 bits per heavy atom. The maximum Gasteiger partial charge on any atom is 0.253 e. The lowest BCUT2D eigenvalue weighted by atomic mass is 9.89. The Morgan fingerprint density at radius 3 is 2.79 bits per heavy atom. The molecule has 0 atom stereocenters. The zero-order valence-corrected chi connectivity index (χ0v) is 20.7. The summed E-state index contributed by atoms with van der Waals surface area (Å²) in [5.41, 5.74) is 5.59. The number of methoxy groups -OCH3 is 1. The first kappa shape index (κ1) is 23.6. The van der Waals surface area contributed by atoms with E-state index in [1.807, 2.05) is 32.2 Å². The van der Waals surface area contributed by atoms with Gasteiger partial charge in [0.05, 0.1) is 17.0 Å². The smallest absolute Gasteiger partial charge is 0.253 e. The van der Waals surface area contributed by atoms with E-state index in [-0.39, 0.29) is 5.91 Å². The van der Waals surface area contributed by atoms with Crippen molar-refractivity contribution < 1.29 is 9.53 Å². The van der Waals surface area contributed by atoms with Gasteiger partial charge in [0.15, 0.2) is 0 Å². The van der Waals surface area contributed by atoms with Crippen LogP contribution in [0.5, 0.6) is 0 Å². The highest BCUT2D eigenvalue weighted by molar-refractivity contribution is 7.13. The van der Waals surface area contributed by atoms with Crippen LogP contribution in [0.3, 0.4) is 0 Å². The Balaban J connectivity index is 1.58. The summed E-state index contributed by atoms with van der Waals surface area (Å²) in [6.07, 6.45) is 9.07. The van der Waals surface area contributed by atoms with Crippen molar-refractivity contribution in [2.24, 2.45) is 5.92 Å². The zero-order valence-electron chi connectivity index (χ0n) is 19.9. The maximum atomic E-state index is 13.1. The monoisotopic (exact) mass is 466 g/mol. The Labute approximate surface area is 200 Å². The van der Waals surface area contributed by atoms with Gasteiger partial charge in [-0.05, 0) is 57.2 Å². The van der Waals surface area contributed by atoms with Gasteiger partial charge in [-0.1, -0.05) is 19.3 Å². The third-order valence-corrected chi connectivity index (χ3v) is 7.43. The van der Waals surface area contributed by atoms with E-state index >= 15 is 0 Å². The second-order valence-electron chi connectivity index (χ2n) is 8.97. The van der Waals surface area contributed by atoms with Gasteiger partial charge in [0.25, 0.3) is 5.91 Å². The average Bonchev–Trinajstić information content (AvgIpc) is 3.44. The molecule has 1 amide bonds. The van der Waals surface area contributed by atoms with Crippen molar-refractivity contribution in [2.75, 3.05) is 20.3 Å². The third kappa shape index (κ3) is 5.71. The maximum absolute atomic E-state index is 13.1. The number of carbonyl (C=O) groups excluding carboxylic acids is 1. The van der Waals surface area contributed by atoms with Gasteiger partial charge in [0, 0.05) is 55.3 Å². The number of thiazole rings is 1. The molecule has 4 rings (SSSR count). The van der Waals surface area contributed by atoms with Gasteiger partial charge < -0.3 is 14.6 Å². The predicted octanol–water partition coefficient (Wildman–Crippen LogP) is 5.64. The second-order valence-corrected chi connectivity index (χ2v) is 9.82. The molecule has 7 heteroatoms. The number of rotatable bonds is 9. The number of pyridine rings is 1. The Morgan fingerprint density at radius 2 is 2.06 bits per heavy atom. The van der Waals surface area contributed by atoms with Gasteiger partial charge in [-0.25, -0.2) is 4.98 Å². The van der Waals surface area contributed by atoms with Crippen LogP contribution in [0.2, 0.25) is 0 Å². The number of aromatic nitrogens is 3. The van der Waals surface area contributed by atoms with Gasteiger partial charge in [-0.3, -0.25) is 9.78 Å². The van der Waals surface area contributed by atoms with Gasteiger partial charge in [0.1, 0.15) is 5.01 Å². The van der Waals surface area contributed by atoms with E-state index in [0.717, 1.165) is 58.4 Å². The summed E-state index contributed by atoms with van der Waals surface area (Å²) < 4.78 is 7.48. The summed E-state index contributed by atoms with van der Waals surface area (Å²) in [6, 6.07) is 6.06. The van der Waals surface area contributed by atoms with Crippen LogP contribution in [0.1, 0.15) is 60.3 Å². The van der Waals surface area contributed by atoms with Crippen LogP contribution in [-0.2, 0) is 11.3 Å². The highest BCUT2D eigenvalue weighted by Crippen LogP contribution is 2.32. The van der Waals surface area contributed by atoms with Crippen molar-refractivity contribution >= 4 is 17.2 Å². The number of nitrogens with one attached hydrogen (secondary N) is 1. The van der Waals surface area contributed by atoms with Crippen LogP contribution in [0.15, 0.2) is 29.8 Å². The first-order valence-corrected chi connectivity index (χ1v) is 12.8. The fourth-order valence-electron chi connectivity index (χ4n) is 4.58. The molecule has 176 valence electrons. The Bertz CT molecular complexity index is 1060. The number of amides is 1. The summed E-state index contributed by atoms with van der Waals surface area (Å²) in [6.45, 7) is 6.24. The largest absolute Gasteiger partial charge is 0.385 e. The molecule has 1 aliphatic rings. The zero-order chi connectivity index (χ0) is 23.2. The molecular formula is C26H34N4O2S. The predicted molar refractivity (Wildman–Crippen MR) is 134 cm³/mol. The molecule has 3 aromatic rings. The van der Waals surface area contributed by atoms with Gasteiger partial charge in [-0.15, -0.1) is 11.3 Å². The van der Waals surface area contributed by atoms with E-state index in [0.29, 0.717) is 12.5 Å². The number of ether oxygens (including phenoxy) is 1. The number of hydrogen-bond donors (Lipinski definition) is 1. The molecule has 1 fully saturated rings. The molecular weight excluding hydrogens is 432 g/mol. The van der Waals surface area contributed by atoms with Crippen molar-refractivity contribution in [3.05, 3.63) is 46.7 Å². The molecule has 1 aliphatic carbocycles. The fourth-order valence-corrected chi connectivity index (χ4v) is 5.39. The van der Waals surface area contributed by atoms with Crippen LogP contribution < -0.4 is 5.32 Å². The summed E-state index contributed by atoms with van der Waals surface area (Å²) in [5, 5.41) is 6.21. The first-order valence-electron chi connectivity index (χ1n) is 11.9. The van der Waals surface area contributed by atoms with Gasteiger partial charge in [-0.2, -0.15) is 0 Å². The molecule has 0 aliphatic heterocycles. The molecule has 0 spiro atoms. The molecule has 6 nitrogen and oxygen atoms in total. The molecule has 3 heterocycles. The topological polar surface area (TPSA) is 69.0 Å². The Kier molecular flexibility index (Phi) is 7.93. The molecule has 3 aromatic heterocycles. The number of hydrogen-bond acceptors (Lipinski definition) is 5. The molecule has 33 heavy (non-hydrogen) atoms. The molecule has 1 N–H and O–H groups in total. The van der Waals surface area contributed by atoms with Crippen molar-refractivity contribution in [3.63, 3.8) is 0 Å². The van der Waals surface area contributed by atoms with E-state index < -0.39 is 0 Å². The number of aryl methyl sites for hydroxylation is 1. The van der Waals surface area contributed by atoms with Crippen LogP contribution in [0.25, 0.3) is 22.0 Å². The first-order chi connectivity index (χ1) is 16.1. The lowest BCUT2D eigenvalue weighted by Gasteiger charge is -2.21. The minimum absolute atomic E-state index is 0.0167. The second kappa shape index (κ2) is 11.1. The van der Waals surface area contributed by atoms with Crippen molar-refractivity contribution in [1.82, 2.24) is 19.9 Å². The summed E-state index contributed by atoms with van der Waals surface area (Å²) in [5.74, 6) is 0.624. The third-order valence-electron chi connectivity index (χ3n) is 6.54. The van der Waals surface area contributed by atoms with Crippen LogP contribution in [0.4, 0.5) is 0 Å². The highest BCUT2D eigenvalue weighted by atomic mass is 32.1. The van der Waals surface area contributed by atoms with Crippen molar-refractivity contribution in [3.8, 4) is 22.0 Å². The molecule has 0 aromatic carbocycles. The molecule has 0 bridgehead atoms. The fraction of sp³-hybridized carbons (Fsp3) is 0.500. The number of carbonyl (C=O) groups is 1. The van der Waals surface area contributed by atoms with Gasteiger partial charge >= 0.3 is 0 Å². The van der Waals surface area contributed by atoms with Crippen LogP contribution in [-0.4, -0.2) is 40.7 Å². The van der Waals surface area contributed by atoms with E-state index in [2.05, 4.69) is 26.3 Å². The van der Waals surface area contributed by atoms with E-state index in [9.17, 15) is 4.79 Å². The highest BCUT2D eigenvalue weighted by Gasteiger charge is 2.21. The van der Waals surface area contributed by atoms with E-state index in [4.69, 9.17) is 9.72 Å². The lowest BCUT2D eigenvalue weighted by molar-refractivity contribution is 0.0943. The summed E-state index contributed by atoms with van der Waals surface area (Å²) in [4.78, 5) is 22.4. The molecule has 0 saturated heterocycles. The Hall–Kier alpha value is -2.51. The standard InChI is InChI=1S/C26H34N4O2S/c1-18-10-11-21(16-27-18)26-29-23(17-33-26)24-14-22(19(2)30(24)12-7-13-32-3)25(31)28-15-20-8-5-4-6-9-20/h10-11,14,16-17,20H,4-9,12-13,15H2,1-3H3,(H,28,31). The van der Waals surface area contributed by atoms with E-state index in [1.54, 1.807) is 18.4 Å². The summed E-state index contributed by atoms with van der Waals surface area (Å²) >= 11 is 1.60. The lowest BCUT2D eigenvalue weighted by Crippen LogP contribution is -2.30.